The first kappa shape index (κ1) is 16.2. The number of aromatic amines is 1. The highest BCUT2D eigenvalue weighted by molar-refractivity contribution is 5.94. The summed E-state index contributed by atoms with van der Waals surface area (Å²) in [5.74, 6) is -0.0755. The molecule has 0 bridgehead atoms. The minimum atomic E-state index is -0.443. The summed E-state index contributed by atoms with van der Waals surface area (Å²) in [6.07, 6.45) is 5.99. The van der Waals surface area contributed by atoms with Crippen molar-refractivity contribution in [3.05, 3.63) is 28.4 Å². The lowest BCUT2D eigenvalue weighted by Gasteiger charge is -2.43. The standard InChI is InChI=1S/C16H21N5O4/c1-24-10-3-4-16(25-2)5-6-20(12(16)7-10)13(22)11-8-17-15-18-9-19-21(15)14(11)23/h8-10,12H,3-7H2,1-2H3,(H,17,18,19)/t10-,12+,16-/m1/s1. The molecule has 1 amide bonds. The average molecular weight is 347 g/mol. The van der Waals surface area contributed by atoms with Crippen LogP contribution >= 0.6 is 0 Å². The minimum Gasteiger partial charge on any atom is -0.381 e. The molecule has 9 heteroatoms. The Morgan fingerprint density at radius 2 is 2.20 bits per heavy atom. The van der Waals surface area contributed by atoms with E-state index in [4.69, 9.17) is 9.47 Å². The molecule has 1 aliphatic carbocycles. The fourth-order valence-corrected chi connectivity index (χ4v) is 4.22. The Labute approximate surface area is 143 Å². The molecule has 134 valence electrons. The summed E-state index contributed by atoms with van der Waals surface area (Å²) >= 11 is 0. The number of nitrogens with zero attached hydrogens (tertiary/aromatic N) is 4. The number of hydrogen-bond donors (Lipinski definition) is 1. The first-order valence-electron chi connectivity index (χ1n) is 8.39. The van der Waals surface area contributed by atoms with Gasteiger partial charge in [-0.25, -0.2) is 9.97 Å². The average Bonchev–Trinajstić information content (AvgIpc) is 3.26. The fraction of sp³-hybridized carbons (Fsp3) is 0.625. The quantitative estimate of drug-likeness (QED) is 0.852. The second-order valence-corrected chi connectivity index (χ2v) is 6.67. The molecular weight excluding hydrogens is 326 g/mol. The van der Waals surface area contributed by atoms with E-state index in [1.807, 2.05) is 0 Å². The summed E-state index contributed by atoms with van der Waals surface area (Å²) in [6.45, 7) is 0.554. The second-order valence-electron chi connectivity index (χ2n) is 6.67. The minimum absolute atomic E-state index is 0.0354. The molecule has 25 heavy (non-hydrogen) atoms. The maximum atomic E-state index is 13.1. The Hall–Kier alpha value is -2.26. The van der Waals surface area contributed by atoms with Gasteiger partial charge in [0.1, 0.15) is 11.9 Å². The molecule has 9 nitrogen and oxygen atoms in total. The zero-order valence-corrected chi connectivity index (χ0v) is 14.3. The van der Waals surface area contributed by atoms with Crippen LogP contribution in [0.2, 0.25) is 0 Å². The number of aromatic nitrogens is 4. The van der Waals surface area contributed by atoms with E-state index in [-0.39, 0.29) is 35.0 Å². The van der Waals surface area contributed by atoms with Crippen LogP contribution in [0, 0.1) is 0 Å². The Balaban J connectivity index is 1.69. The summed E-state index contributed by atoms with van der Waals surface area (Å²) in [7, 11) is 3.38. The Kier molecular flexibility index (Phi) is 3.84. The zero-order chi connectivity index (χ0) is 17.6. The smallest absolute Gasteiger partial charge is 0.286 e. The lowest BCUT2D eigenvalue weighted by atomic mass is 9.79. The number of carbonyl (C=O) groups is 1. The van der Waals surface area contributed by atoms with E-state index in [0.29, 0.717) is 13.0 Å². The van der Waals surface area contributed by atoms with Gasteiger partial charge in [-0.3, -0.25) is 14.7 Å². The van der Waals surface area contributed by atoms with Gasteiger partial charge in [0, 0.05) is 27.0 Å². The van der Waals surface area contributed by atoms with Crippen LogP contribution < -0.4 is 5.56 Å². The van der Waals surface area contributed by atoms with Gasteiger partial charge in [0.25, 0.3) is 17.2 Å². The number of methoxy groups -OCH3 is 2. The number of amides is 1. The lowest BCUT2D eigenvalue weighted by molar-refractivity contribution is -0.0893. The molecule has 3 atom stereocenters. The third-order valence-electron chi connectivity index (χ3n) is 5.68. The van der Waals surface area contributed by atoms with Gasteiger partial charge in [-0.15, -0.1) is 0 Å². The summed E-state index contributed by atoms with van der Waals surface area (Å²) in [5, 5.41) is 2.68. The fourth-order valence-electron chi connectivity index (χ4n) is 4.22. The number of fused-ring (bicyclic) bond motifs is 2. The van der Waals surface area contributed by atoms with Crippen LogP contribution in [0.15, 0.2) is 17.3 Å². The van der Waals surface area contributed by atoms with Crippen LogP contribution in [0.1, 0.15) is 36.0 Å². The van der Waals surface area contributed by atoms with Crippen molar-refractivity contribution in [3.8, 4) is 0 Å². The SMILES string of the molecule is CO[C@@H]1CC[C@@]2(OC)CCN(C(=O)c3cnc4nc[nH]n4c3=O)[C@H]2C1. The van der Waals surface area contributed by atoms with E-state index in [2.05, 4.69) is 15.1 Å². The summed E-state index contributed by atoms with van der Waals surface area (Å²) < 4.78 is 12.5. The van der Waals surface area contributed by atoms with Crippen molar-refractivity contribution < 1.29 is 14.3 Å². The third-order valence-corrected chi connectivity index (χ3v) is 5.68. The molecule has 2 aromatic heterocycles. The van der Waals surface area contributed by atoms with Crippen LogP contribution in [0.5, 0.6) is 0 Å². The molecule has 1 N–H and O–H groups in total. The molecule has 0 spiro atoms. The van der Waals surface area contributed by atoms with E-state index in [1.54, 1.807) is 19.1 Å². The number of rotatable bonds is 3. The first-order chi connectivity index (χ1) is 12.1. The van der Waals surface area contributed by atoms with Crippen LogP contribution in [0.3, 0.4) is 0 Å². The van der Waals surface area contributed by atoms with Gasteiger partial charge in [0.15, 0.2) is 0 Å². The van der Waals surface area contributed by atoms with Crippen molar-refractivity contribution in [1.29, 1.82) is 0 Å². The Bertz CT molecular complexity index is 862. The highest BCUT2D eigenvalue weighted by Crippen LogP contribution is 2.43. The van der Waals surface area contributed by atoms with Crippen molar-refractivity contribution in [1.82, 2.24) is 24.5 Å². The molecule has 2 aliphatic rings. The second kappa shape index (κ2) is 5.92. The topological polar surface area (TPSA) is 102 Å². The Morgan fingerprint density at radius 1 is 1.36 bits per heavy atom. The molecule has 1 aliphatic heterocycles. The largest absolute Gasteiger partial charge is 0.381 e. The predicted octanol–water partition coefficient (Wildman–Crippen LogP) is 0.216. The number of nitrogens with one attached hydrogen (secondary N) is 1. The van der Waals surface area contributed by atoms with Crippen LogP contribution in [-0.2, 0) is 9.47 Å². The van der Waals surface area contributed by atoms with Crippen LogP contribution in [0.25, 0.3) is 5.78 Å². The van der Waals surface area contributed by atoms with Gasteiger partial charge in [0.05, 0.1) is 17.7 Å². The molecule has 3 heterocycles. The lowest BCUT2D eigenvalue weighted by Crippen LogP contribution is -2.53. The van der Waals surface area contributed by atoms with Crippen LogP contribution in [-0.4, -0.2) is 68.9 Å². The number of ether oxygens (including phenoxy) is 2. The van der Waals surface area contributed by atoms with Gasteiger partial charge in [-0.05, 0) is 25.7 Å². The van der Waals surface area contributed by atoms with Crippen molar-refractivity contribution in [2.45, 2.75) is 43.4 Å². The normalized spacial score (nSPS) is 29.1. The molecule has 1 saturated carbocycles. The predicted molar refractivity (Wildman–Crippen MR) is 87.4 cm³/mol. The molecule has 0 radical (unpaired) electrons. The molecule has 1 saturated heterocycles. The highest BCUT2D eigenvalue weighted by Gasteiger charge is 2.53. The van der Waals surface area contributed by atoms with Gasteiger partial charge in [0.2, 0.25) is 0 Å². The van der Waals surface area contributed by atoms with E-state index in [1.165, 1.54) is 17.0 Å². The Morgan fingerprint density at radius 3 is 2.96 bits per heavy atom. The molecular formula is C16H21N5O4. The van der Waals surface area contributed by atoms with Crippen molar-refractivity contribution >= 4 is 11.7 Å². The maximum Gasteiger partial charge on any atom is 0.286 e. The van der Waals surface area contributed by atoms with Gasteiger partial charge >= 0.3 is 0 Å². The zero-order valence-electron chi connectivity index (χ0n) is 14.3. The van der Waals surface area contributed by atoms with Crippen molar-refractivity contribution in [2.75, 3.05) is 20.8 Å². The van der Waals surface area contributed by atoms with Gasteiger partial charge in [-0.2, -0.15) is 4.52 Å². The molecule has 2 aromatic rings. The molecule has 2 fully saturated rings. The van der Waals surface area contributed by atoms with E-state index in [0.717, 1.165) is 19.3 Å². The van der Waals surface area contributed by atoms with E-state index < -0.39 is 5.56 Å². The van der Waals surface area contributed by atoms with Crippen molar-refractivity contribution in [2.24, 2.45) is 0 Å². The van der Waals surface area contributed by atoms with Crippen molar-refractivity contribution in [3.63, 3.8) is 0 Å². The van der Waals surface area contributed by atoms with Gasteiger partial charge < -0.3 is 14.4 Å². The van der Waals surface area contributed by atoms with E-state index in [9.17, 15) is 9.59 Å². The number of H-pyrrole nitrogens is 1. The molecule has 0 unspecified atom stereocenters. The third kappa shape index (κ3) is 2.37. The molecule has 4 rings (SSSR count). The number of carbonyl (C=O) groups excluding carboxylic acids is 1. The van der Waals surface area contributed by atoms with Gasteiger partial charge in [-0.1, -0.05) is 0 Å². The summed E-state index contributed by atoms with van der Waals surface area (Å²) in [4.78, 5) is 35.4. The summed E-state index contributed by atoms with van der Waals surface area (Å²) in [5.41, 5.74) is -0.762. The molecule has 0 aromatic carbocycles. The summed E-state index contributed by atoms with van der Waals surface area (Å²) in [6, 6.07) is -0.106. The van der Waals surface area contributed by atoms with E-state index >= 15 is 0 Å². The highest BCUT2D eigenvalue weighted by atomic mass is 16.5. The van der Waals surface area contributed by atoms with Crippen LogP contribution in [0.4, 0.5) is 0 Å². The first-order valence-corrected chi connectivity index (χ1v) is 8.39. The monoisotopic (exact) mass is 347 g/mol. The maximum absolute atomic E-state index is 13.1. The number of hydrogen-bond acceptors (Lipinski definition) is 6. The number of likely N-dealkylation sites (tertiary alicyclic amines) is 1.